The molecular formula is C16H36N2. The second-order valence-corrected chi connectivity index (χ2v) is 5.51. The molecule has 110 valence electrons. The molecule has 1 atom stereocenters. The van der Waals surface area contributed by atoms with Crippen LogP contribution in [0.15, 0.2) is 0 Å². The van der Waals surface area contributed by atoms with Crippen molar-refractivity contribution >= 4 is 0 Å². The molecule has 0 rings (SSSR count). The number of nitrogens with one attached hydrogen (secondary N) is 1. The van der Waals surface area contributed by atoms with Crippen LogP contribution in [0.3, 0.4) is 0 Å². The van der Waals surface area contributed by atoms with Crippen LogP contribution in [0.1, 0.15) is 78.1 Å². The molecule has 3 N–H and O–H groups in total. The highest BCUT2D eigenvalue weighted by atomic mass is 14.8. The van der Waals surface area contributed by atoms with Crippen molar-refractivity contribution in [1.29, 1.82) is 0 Å². The van der Waals surface area contributed by atoms with E-state index in [0.717, 1.165) is 12.5 Å². The standard InChI is InChI=1S/C16H36N2/c1-3-5-6-7-8-9-14-18-15-10-11-16(4-2)12-13-17/h16,18H,3-15,17H2,1-2H3. The van der Waals surface area contributed by atoms with Crippen molar-refractivity contribution < 1.29 is 0 Å². The molecule has 0 aromatic rings. The van der Waals surface area contributed by atoms with E-state index in [9.17, 15) is 0 Å². The number of hydrogen-bond donors (Lipinski definition) is 2. The van der Waals surface area contributed by atoms with Gasteiger partial charge in [0.15, 0.2) is 0 Å². The maximum absolute atomic E-state index is 5.61. The van der Waals surface area contributed by atoms with Crippen LogP contribution >= 0.6 is 0 Å². The lowest BCUT2D eigenvalue weighted by atomic mass is 9.97. The Balaban J connectivity index is 3.10. The Morgan fingerprint density at radius 1 is 0.833 bits per heavy atom. The van der Waals surface area contributed by atoms with Gasteiger partial charge in [0.25, 0.3) is 0 Å². The van der Waals surface area contributed by atoms with E-state index in [-0.39, 0.29) is 0 Å². The highest BCUT2D eigenvalue weighted by Crippen LogP contribution is 2.13. The largest absolute Gasteiger partial charge is 0.330 e. The fourth-order valence-electron chi connectivity index (χ4n) is 2.46. The summed E-state index contributed by atoms with van der Waals surface area (Å²) in [6, 6.07) is 0. The summed E-state index contributed by atoms with van der Waals surface area (Å²) >= 11 is 0. The van der Waals surface area contributed by atoms with Gasteiger partial charge in [0.05, 0.1) is 0 Å². The van der Waals surface area contributed by atoms with Crippen molar-refractivity contribution in [2.75, 3.05) is 19.6 Å². The molecule has 0 heterocycles. The second-order valence-electron chi connectivity index (χ2n) is 5.51. The Bertz CT molecular complexity index is 148. The molecule has 0 amide bonds. The van der Waals surface area contributed by atoms with Crippen LogP contribution in [0.25, 0.3) is 0 Å². The molecule has 0 saturated carbocycles. The number of unbranched alkanes of at least 4 members (excludes halogenated alkanes) is 5. The molecule has 0 aliphatic carbocycles. The lowest BCUT2D eigenvalue weighted by molar-refractivity contribution is 0.421. The third-order valence-electron chi connectivity index (χ3n) is 3.83. The Morgan fingerprint density at radius 3 is 2.17 bits per heavy atom. The number of rotatable bonds is 14. The predicted molar refractivity (Wildman–Crippen MR) is 82.9 cm³/mol. The molecule has 1 unspecified atom stereocenters. The first kappa shape index (κ1) is 17.9. The Hall–Kier alpha value is -0.0800. The van der Waals surface area contributed by atoms with Crippen LogP contribution in [0.4, 0.5) is 0 Å². The molecule has 0 aliphatic rings. The Kier molecular flexibility index (Phi) is 14.9. The monoisotopic (exact) mass is 256 g/mol. The van der Waals surface area contributed by atoms with Gasteiger partial charge in [0.1, 0.15) is 0 Å². The normalized spacial score (nSPS) is 12.8. The lowest BCUT2D eigenvalue weighted by Gasteiger charge is -2.13. The van der Waals surface area contributed by atoms with Gasteiger partial charge in [0.2, 0.25) is 0 Å². The molecule has 2 nitrogen and oxygen atoms in total. The van der Waals surface area contributed by atoms with Gasteiger partial charge in [-0.3, -0.25) is 0 Å². The van der Waals surface area contributed by atoms with Crippen LogP contribution in [0.2, 0.25) is 0 Å². The van der Waals surface area contributed by atoms with Gasteiger partial charge >= 0.3 is 0 Å². The average molecular weight is 256 g/mol. The topological polar surface area (TPSA) is 38.0 Å². The molecule has 18 heavy (non-hydrogen) atoms. The predicted octanol–water partition coefficient (Wildman–Crippen LogP) is 4.09. The van der Waals surface area contributed by atoms with E-state index in [0.29, 0.717) is 0 Å². The van der Waals surface area contributed by atoms with E-state index in [2.05, 4.69) is 19.2 Å². The van der Waals surface area contributed by atoms with Gasteiger partial charge in [0, 0.05) is 0 Å². The van der Waals surface area contributed by atoms with E-state index in [1.807, 2.05) is 0 Å². The zero-order valence-electron chi connectivity index (χ0n) is 12.8. The third kappa shape index (κ3) is 12.4. The minimum absolute atomic E-state index is 0.851. The van der Waals surface area contributed by atoms with E-state index < -0.39 is 0 Å². The minimum Gasteiger partial charge on any atom is -0.330 e. The Labute approximate surface area is 115 Å². The van der Waals surface area contributed by atoms with Gasteiger partial charge in [-0.05, 0) is 51.2 Å². The molecule has 2 heteroatoms. The van der Waals surface area contributed by atoms with Crippen LogP contribution in [-0.2, 0) is 0 Å². The third-order valence-corrected chi connectivity index (χ3v) is 3.83. The summed E-state index contributed by atoms with van der Waals surface area (Å²) in [7, 11) is 0. The van der Waals surface area contributed by atoms with Crippen LogP contribution in [-0.4, -0.2) is 19.6 Å². The lowest BCUT2D eigenvalue weighted by Crippen LogP contribution is -2.18. The first-order valence-corrected chi connectivity index (χ1v) is 8.25. The van der Waals surface area contributed by atoms with E-state index in [4.69, 9.17) is 5.73 Å². The van der Waals surface area contributed by atoms with Crippen molar-refractivity contribution in [2.24, 2.45) is 11.7 Å². The smallest absolute Gasteiger partial charge is 0.00488 e. The zero-order chi connectivity index (χ0) is 13.5. The van der Waals surface area contributed by atoms with Gasteiger partial charge in [-0.1, -0.05) is 52.4 Å². The van der Waals surface area contributed by atoms with Gasteiger partial charge in [-0.2, -0.15) is 0 Å². The molecule has 0 saturated heterocycles. The molecule has 0 aromatic heterocycles. The SMILES string of the molecule is CCCCCCCCNCCCC(CC)CCN. The summed E-state index contributed by atoms with van der Waals surface area (Å²) < 4.78 is 0. The van der Waals surface area contributed by atoms with Crippen LogP contribution < -0.4 is 11.1 Å². The summed E-state index contributed by atoms with van der Waals surface area (Å²) in [5, 5.41) is 3.57. The van der Waals surface area contributed by atoms with Crippen molar-refractivity contribution in [3.63, 3.8) is 0 Å². The first-order valence-electron chi connectivity index (χ1n) is 8.25. The quantitative estimate of drug-likeness (QED) is 0.459. The van der Waals surface area contributed by atoms with Crippen molar-refractivity contribution in [1.82, 2.24) is 5.32 Å². The van der Waals surface area contributed by atoms with E-state index in [1.165, 1.54) is 77.3 Å². The van der Waals surface area contributed by atoms with Crippen molar-refractivity contribution in [3.05, 3.63) is 0 Å². The molecule has 0 aromatic carbocycles. The molecule has 0 spiro atoms. The fourth-order valence-corrected chi connectivity index (χ4v) is 2.46. The van der Waals surface area contributed by atoms with Crippen LogP contribution in [0, 0.1) is 5.92 Å². The molecule has 0 fully saturated rings. The number of nitrogens with two attached hydrogens (primary N) is 1. The molecular weight excluding hydrogens is 220 g/mol. The second kappa shape index (κ2) is 15.0. The van der Waals surface area contributed by atoms with Gasteiger partial charge < -0.3 is 11.1 Å². The summed E-state index contributed by atoms with van der Waals surface area (Å²) in [5.74, 6) is 0.853. The molecule has 0 aliphatic heterocycles. The highest BCUT2D eigenvalue weighted by molar-refractivity contribution is 4.59. The summed E-state index contributed by atoms with van der Waals surface area (Å²) in [6.07, 6.45) is 13.5. The number of hydrogen-bond acceptors (Lipinski definition) is 2. The van der Waals surface area contributed by atoms with Gasteiger partial charge in [-0.25, -0.2) is 0 Å². The first-order chi connectivity index (χ1) is 8.85. The Morgan fingerprint density at radius 2 is 1.50 bits per heavy atom. The average Bonchev–Trinajstić information content (AvgIpc) is 2.39. The van der Waals surface area contributed by atoms with E-state index >= 15 is 0 Å². The summed E-state index contributed by atoms with van der Waals surface area (Å²) in [4.78, 5) is 0. The molecule has 0 radical (unpaired) electrons. The van der Waals surface area contributed by atoms with E-state index in [1.54, 1.807) is 0 Å². The van der Waals surface area contributed by atoms with Crippen LogP contribution in [0.5, 0.6) is 0 Å². The van der Waals surface area contributed by atoms with Crippen molar-refractivity contribution in [2.45, 2.75) is 78.1 Å². The molecule has 0 bridgehead atoms. The fraction of sp³-hybridized carbons (Fsp3) is 1.00. The highest BCUT2D eigenvalue weighted by Gasteiger charge is 2.03. The maximum atomic E-state index is 5.61. The minimum atomic E-state index is 0.851. The van der Waals surface area contributed by atoms with Gasteiger partial charge in [-0.15, -0.1) is 0 Å². The zero-order valence-corrected chi connectivity index (χ0v) is 12.8. The van der Waals surface area contributed by atoms with Crippen molar-refractivity contribution in [3.8, 4) is 0 Å². The summed E-state index contributed by atoms with van der Waals surface area (Å²) in [5.41, 5.74) is 5.61. The maximum Gasteiger partial charge on any atom is -0.00488 e. The summed E-state index contributed by atoms with van der Waals surface area (Å²) in [6.45, 7) is 7.80.